The zero-order valence-electron chi connectivity index (χ0n) is 13.0. The topological polar surface area (TPSA) is 70.1 Å². The lowest BCUT2D eigenvalue weighted by molar-refractivity contribution is -0.141. The molecule has 120 valence electrons. The van der Waals surface area contributed by atoms with Crippen molar-refractivity contribution < 1.29 is 19.4 Å². The number of aliphatic carboxylic acids is 1. The summed E-state index contributed by atoms with van der Waals surface area (Å²) in [6, 6.07) is 7.61. The van der Waals surface area contributed by atoms with Crippen LogP contribution in [0.2, 0.25) is 0 Å². The monoisotopic (exact) mass is 306 g/mol. The molecule has 1 unspecified atom stereocenters. The fraction of sp³-hybridized carbons (Fsp3) is 0.500. The predicted octanol–water partition coefficient (Wildman–Crippen LogP) is 1.06. The number of hydrogen-bond donors (Lipinski definition) is 1. The molecule has 1 amide bonds. The van der Waals surface area contributed by atoms with E-state index in [9.17, 15) is 9.59 Å². The number of likely N-dealkylation sites (tertiary alicyclic amines) is 1. The molecule has 0 bridgehead atoms. The smallest absolute Gasteiger partial charge is 0.307 e. The highest BCUT2D eigenvalue weighted by molar-refractivity contribution is 5.78. The number of amides is 1. The van der Waals surface area contributed by atoms with Crippen molar-refractivity contribution in [1.29, 1.82) is 0 Å². The van der Waals surface area contributed by atoms with Gasteiger partial charge in [0.1, 0.15) is 5.75 Å². The Bertz CT molecular complexity index is 547. The number of carbonyl (C=O) groups is 2. The van der Waals surface area contributed by atoms with E-state index >= 15 is 0 Å². The second-order valence-electron chi connectivity index (χ2n) is 5.66. The Labute approximate surface area is 130 Å². The van der Waals surface area contributed by atoms with Crippen molar-refractivity contribution in [3.63, 3.8) is 0 Å². The fourth-order valence-corrected chi connectivity index (χ4v) is 2.62. The molecule has 1 N–H and O–H groups in total. The minimum atomic E-state index is -0.778. The summed E-state index contributed by atoms with van der Waals surface area (Å²) in [6.45, 7) is 1.89. The first kappa shape index (κ1) is 16.3. The number of likely N-dealkylation sites (N-methyl/N-ethyl adjacent to an activating group) is 1. The number of carboxylic acids is 1. The van der Waals surface area contributed by atoms with Gasteiger partial charge in [-0.15, -0.1) is 0 Å². The molecule has 22 heavy (non-hydrogen) atoms. The van der Waals surface area contributed by atoms with Gasteiger partial charge >= 0.3 is 5.97 Å². The lowest BCUT2D eigenvalue weighted by atomic mass is 10.1. The molecule has 0 spiro atoms. The van der Waals surface area contributed by atoms with Gasteiger partial charge in [-0.05, 0) is 30.7 Å². The molecular formula is C16H22N2O4. The Balaban J connectivity index is 1.86. The summed E-state index contributed by atoms with van der Waals surface area (Å²) in [5, 5.41) is 8.98. The van der Waals surface area contributed by atoms with E-state index in [1.54, 1.807) is 19.1 Å². The van der Waals surface area contributed by atoms with Gasteiger partial charge in [-0.3, -0.25) is 14.5 Å². The van der Waals surface area contributed by atoms with Crippen LogP contribution in [-0.4, -0.2) is 60.6 Å². The Morgan fingerprint density at radius 2 is 2.23 bits per heavy atom. The summed E-state index contributed by atoms with van der Waals surface area (Å²) >= 11 is 0. The van der Waals surface area contributed by atoms with Gasteiger partial charge in [0.2, 0.25) is 5.91 Å². The summed E-state index contributed by atoms with van der Waals surface area (Å²) in [5.74, 6) is -0.368. The number of ether oxygens (including phenoxy) is 1. The predicted molar refractivity (Wildman–Crippen MR) is 81.7 cm³/mol. The summed E-state index contributed by atoms with van der Waals surface area (Å²) in [6.07, 6.45) is 0.613. The molecule has 1 aromatic carbocycles. The first-order chi connectivity index (χ1) is 10.5. The summed E-state index contributed by atoms with van der Waals surface area (Å²) in [7, 11) is 3.37. The quantitative estimate of drug-likeness (QED) is 0.851. The minimum Gasteiger partial charge on any atom is -0.497 e. The summed E-state index contributed by atoms with van der Waals surface area (Å²) in [4.78, 5) is 26.7. The molecule has 1 atom stereocenters. The Kier molecular flexibility index (Phi) is 5.38. The van der Waals surface area contributed by atoms with Crippen molar-refractivity contribution in [1.82, 2.24) is 9.80 Å². The number of benzene rings is 1. The zero-order chi connectivity index (χ0) is 16.1. The summed E-state index contributed by atoms with van der Waals surface area (Å²) in [5.41, 5.74) is 1.00. The highest BCUT2D eigenvalue weighted by Crippen LogP contribution is 2.17. The lowest BCUT2D eigenvalue weighted by Gasteiger charge is -2.21. The van der Waals surface area contributed by atoms with Gasteiger partial charge in [0.05, 0.1) is 19.6 Å². The van der Waals surface area contributed by atoms with Gasteiger partial charge < -0.3 is 14.7 Å². The normalized spacial score (nSPS) is 18.2. The summed E-state index contributed by atoms with van der Waals surface area (Å²) < 4.78 is 5.17. The molecule has 1 fully saturated rings. The average molecular weight is 306 g/mol. The fourth-order valence-electron chi connectivity index (χ4n) is 2.62. The second kappa shape index (κ2) is 7.26. The molecule has 1 aliphatic heterocycles. The average Bonchev–Trinajstić information content (AvgIpc) is 2.96. The maximum atomic E-state index is 12.2. The van der Waals surface area contributed by atoms with Gasteiger partial charge in [0.25, 0.3) is 0 Å². The molecule has 1 heterocycles. The molecule has 0 radical (unpaired) electrons. The molecule has 0 aromatic heterocycles. The van der Waals surface area contributed by atoms with Crippen molar-refractivity contribution in [2.45, 2.75) is 13.0 Å². The van der Waals surface area contributed by atoms with E-state index in [1.165, 1.54) is 0 Å². The molecular weight excluding hydrogens is 284 g/mol. The maximum Gasteiger partial charge on any atom is 0.307 e. The van der Waals surface area contributed by atoms with Crippen molar-refractivity contribution in [3.05, 3.63) is 29.8 Å². The number of nitrogens with zero attached hydrogens (tertiary/aromatic N) is 2. The third kappa shape index (κ3) is 4.21. The Hall–Kier alpha value is -2.08. The SMILES string of the molecule is COc1cccc(CN(C)C(=O)CN2CCC(C(=O)O)C2)c1. The van der Waals surface area contributed by atoms with Gasteiger partial charge in [-0.2, -0.15) is 0 Å². The standard InChI is InChI=1S/C16H22N2O4/c1-17(9-12-4-3-5-14(8-12)22-2)15(19)11-18-7-6-13(10-18)16(20)21/h3-5,8,13H,6-7,9-11H2,1-2H3,(H,20,21). The van der Waals surface area contributed by atoms with Crippen LogP contribution < -0.4 is 4.74 Å². The molecule has 6 heteroatoms. The highest BCUT2D eigenvalue weighted by atomic mass is 16.5. The van der Waals surface area contributed by atoms with Crippen LogP contribution in [0.15, 0.2) is 24.3 Å². The van der Waals surface area contributed by atoms with E-state index in [1.807, 2.05) is 29.2 Å². The van der Waals surface area contributed by atoms with E-state index in [-0.39, 0.29) is 18.4 Å². The third-order valence-corrected chi connectivity index (χ3v) is 3.96. The lowest BCUT2D eigenvalue weighted by Crippen LogP contribution is -2.37. The number of hydrogen-bond acceptors (Lipinski definition) is 4. The van der Waals surface area contributed by atoms with E-state index < -0.39 is 5.97 Å². The van der Waals surface area contributed by atoms with Crippen LogP contribution in [-0.2, 0) is 16.1 Å². The van der Waals surface area contributed by atoms with E-state index in [2.05, 4.69) is 0 Å². The molecule has 0 aliphatic carbocycles. The van der Waals surface area contributed by atoms with E-state index in [0.717, 1.165) is 11.3 Å². The van der Waals surface area contributed by atoms with Crippen LogP contribution in [0.5, 0.6) is 5.75 Å². The van der Waals surface area contributed by atoms with Crippen LogP contribution in [0, 0.1) is 5.92 Å². The Morgan fingerprint density at radius 1 is 1.45 bits per heavy atom. The molecule has 0 saturated carbocycles. The highest BCUT2D eigenvalue weighted by Gasteiger charge is 2.29. The van der Waals surface area contributed by atoms with Crippen molar-refractivity contribution in [2.75, 3.05) is 33.8 Å². The molecule has 1 aromatic rings. The minimum absolute atomic E-state index is 0.00569. The van der Waals surface area contributed by atoms with E-state index in [0.29, 0.717) is 26.1 Å². The number of methoxy groups -OCH3 is 1. The molecule has 6 nitrogen and oxygen atoms in total. The van der Waals surface area contributed by atoms with Crippen molar-refractivity contribution in [2.24, 2.45) is 5.92 Å². The van der Waals surface area contributed by atoms with Gasteiger partial charge in [0, 0.05) is 20.1 Å². The van der Waals surface area contributed by atoms with E-state index in [4.69, 9.17) is 9.84 Å². The van der Waals surface area contributed by atoms with Gasteiger partial charge in [-0.25, -0.2) is 0 Å². The van der Waals surface area contributed by atoms with Crippen LogP contribution in [0.25, 0.3) is 0 Å². The molecule has 1 saturated heterocycles. The van der Waals surface area contributed by atoms with Gasteiger partial charge in [-0.1, -0.05) is 12.1 Å². The largest absolute Gasteiger partial charge is 0.497 e. The first-order valence-electron chi connectivity index (χ1n) is 7.31. The molecule has 2 rings (SSSR count). The zero-order valence-corrected chi connectivity index (χ0v) is 13.0. The second-order valence-corrected chi connectivity index (χ2v) is 5.66. The first-order valence-corrected chi connectivity index (χ1v) is 7.31. The van der Waals surface area contributed by atoms with Crippen LogP contribution in [0.4, 0.5) is 0 Å². The third-order valence-electron chi connectivity index (χ3n) is 3.96. The van der Waals surface area contributed by atoms with Crippen LogP contribution in [0.1, 0.15) is 12.0 Å². The number of carboxylic acid groups (broad SMARTS) is 1. The van der Waals surface area contributed by atoms with Crippen molar-refractivity contribution >= 4 is 11.9 Å². The number of rotatable bonds is 6. The number of carbonyl (C=O) groups excluding carboxylic acids is 1. The van der Waals surface area contributed by atoms with Gasteiger partial charge in [0.15, 0.2) is 0 Å². The van der Waals surface area contributed by atoms with Crippen LogP contribution >= 0.6 is 0 Å². The Morgan fingerprint density at radius 3 is 2.86 bits per heavy atom. The van der Waals surface area contributed by atoms with Crippen LogP contribution in [0.3, 0.4) is 0 Å². The van der Waals surface area contributed by atoms with Crippen molar-refractivity contribution in [3.8, 4) is 5.75 Å². The maximum absolute atomic E-state index is 12.2. The molecule has 1 aliphatic rings.